The first-order chi connectivity index (χ1) is 7.86. The first kappa shape index (κ1) is 10.1. The van der Waals surface area contributed by atoms with Crippen molar-refractivity contribution in [2.24, 2.45) is 0 Å². The van der Waals surface area contributed by atoms with E-state index in [1.807, 2.05) is 16.9 Å². The van der Waals surface area contributed by atoms with Crippen molar-refractivity contribution < 1.29 is 0 Å². The van der Waals surface area contributed by atoms with Crippen LogP contribution in [0.4, 0.5) is 0 Å². The molecule has 82 valence electrons. The highest BCUT2D eigenvalue weighted by molar-refractivity contribution is 9.10. The van der Waals surface area contributed by atoms with Gasteiger partial charge in [0.25, 0.3) is 0 Å². The van der Waals surface area contributed by atoms with E-state index in [1.165, 1.54) is 42.3 Å². The highest BCUT2D eigenvalue weighted by Crippen LogP contribution is 2.32. The molecule has 0 aliphatic heterocycles. The summed E-state index contributed by atoms with van der Waals surface area (Å²) in [7, 11) is 0. The van der Waals surface area contributed by atoms with Crippen molar-refractivity contribution in [3.05, 3.63) is 40.6 Å². The van der Waals surface area contributed by atoms with Crippen molar-refractivity contribution in [1.29, 1.82) is 0 Å². The van der Waals surface area contributed by atoms with Crippen LogP contribution in [0.5, 0.6) is 0 Å². The number of hydrogen-bond acceptors (Lipinski definition) is 1. The second-order valence-electron chi connectivity index (χ2n) is 4.18. The minimum absolute atomic E-state index is 1.08. The number of hydrogen-bond donors (Lipinski definition) is 0. The predicted octanol–water partition coefficient (Wildman–Crippen LogP) is 4.05. The Morgan fingerprint density at radius 3 is 3.06 bits per heavy atom. The maximum Gasteiger partial charge on any atom is 0.0878 e. The van der Waals surface area contributed by atoms with Crippen LogP contribution in [0.3, 0.4) is 0 Å². The fourth-order valence-corrected chi connectivity index (χ4v) is 2.83. The molecule has 2 aromatic heterocycles. The van der Waals surface area contributed by atoms with E-state index in [2.05, 4.69) is 39.2 Å². The molecule has 0 saturated heterocycles. The summed E-state index contributed by atoms with van der Waals surface area (Å²) in [5.74, 6) is 0. The van der Waals surface area contributed by atoms with Gasteiger partial charge < -0.3 is 0 Å². The third-order valence-electron chi connectivity index (χ3n) is 3.13. The first-order valence-electron chi connectivity index (χ1n) is 5.67. The molecule has 0 aromatic carbocycles. The maximum atomic E-state index is 4.32. The summed E-state index contributed by atoms with van der Waals surface area (Å²) in [6.45, 7) is 0. The number of rotatable bonds is 1. The van der Waals surface area contributed by atoms with E-state index >= 15 is 0 Å². The molecule has 0 amide bonds. The van der Waals surface area contributed by atoms with Gasteiger partial charge in [-0.3, -0.25) is 0 Å². The summed E-state index contributed by atoms with van der Waals surface area (Å²) in [6.07, 6.45) is 11.3. The molecule has 1 aliphatic carbocycles. The summed E-state index contributed by atoms with van der Waals surface area (Å²) in [5, 5.41) is 4.32. The average Bonchev–Trinajstić information content (AvgIpc) is 2.73. The number of aromatic nitrogens is 2. The van der Waals surface area contributed by atoms with E-state index in [4.69, 9.17) is 0 Å². The molecule has 16 heavy (non-hydrogen) atoms. The van der Waals surface area contributed by atoms with Gasteiger partial charge in [-0.2, -0.15) is 5.10 Å². The predicted molar refractivity (Wildman–Crippen MR) is 69.3 cm³/mol. The number of allylic oxidation sites excluding steroid dienone is 2. The van der Waals surface area contributed by atoms with Gasteiger partial charge in [0.05, 0.1) is 16.2 Å². The van der Waals surface area contributed by atoms with Gasteiger partial charge in [0.1, 0.15) is 0 Å². The molecule has 0 saturated carbocycles. The summed E-state index contributed by atoms with van der Waals surface area (Å²) in [6, 6.07) is 4.26. The maximum absolute atomic E-state index is 4.32. The Bertz CT molecular complexity index is 554. The van der Waals surface area contributed by atoms with Crippen molar-refractivity contribution >= 4 is 27.0 Å². The summed E-state index contributed by atoms with van der Waals surface area (Å²) in [5.41, 5.74) is 3.99. The van der Waals surface area contributed by atoms with Gasteiger partial charge in [-0.05, 0) is 53.3 Å². The molecule has 2 aromatic rings. The highest BCUT2D eigenvalue weighted by atomic mass is 79.9. The van der Waals surface area contributed by atoms with Gasteiger partial charge in [-0.15, -0.1) is 0 Å². The lowest BCUT2D eigenvalue weighted by molar-refractivity contribution is 0.742. The van der Waals surface area contributed by atoms with Crippen LogP contribution >= 0.6 is 15.9 Å². The fraction of sp³-hybridized carbons (Fsp3) is 0.308. The molecule has 2 heterocycles. The van der Waals surface area contributed by atoms with Crippen LogP contribution in [0.15, 0.2) is 35.1 Å². The van der Waals surface area contributed by atoms with Crippen molar-refractivity contribution in [2.75, 3.05) is 0 Å². The van der Waals surface area contributed by atoms with Crippen LogP contribution in [0, 0.1) is 0 Å². The van der Waals surface area contributed by atoms with Crippen molar-refractivity contribution in [3.8, 4) is 0 Å². The molecule has 0 fully saturated rings. The van der Waals surface area contributed by atoms with Crippen LogP contribution in [-0.4, -0.2) is 9.61 Å². The Labute approximate surface area is 103 Å². The van der Waals surface area contributed by atoms with Crippen LogP contribution in [0.2, 0.25) is 0 Å². The lowest BCUT2D eigenvalue weighted by atomic mass is 9.93. The van der Waals surface area contributed by atoms with Crippen LogP contribution < -0.4 is 0 Å². The number of fused-ring (bicyclic) bond motifs is 1. The van der Waals surface area contributed by atoms with Gasteiger partial charge in [0.15, 0.2) is 0 Å². The summed E-state index contributed by atoms with van der Waals surface area (Å²) < 4.78 is 3.02. The van der Waals surface area contributed by atoms with Gasteiger partial charge in [0.2, 0.25) is 0 Å². The highest BCUT2D eigenvalue weighted by Gasteiger charge is 2.12. The lowest BCUT2D eigenvalue weighted by Crippen LogP contribution is -1.95. The van der Waals surface area contributed by atoms with E-state index < -0.39 is 0 Å². The molecule has 0 radical (unpaired) electrons. The standard InChI is InChI=1S/C13H13BrN2/c14-12-9-15-16-8-4-7-11(13(12)16)10-5-2-1-3-6-10/h4-5,7-9H,1-3,6H2. The van der Waals surface area contributed by atoms with Crippen LogP contribution in [0.1, 0.15) is 31.2 Å². The average molecular weight is 277 g/mol. The molecular formula is C13H13BrN2. The van der Waals surface area contributed by atoms with E-state index in [9.17, 15) is 0 Å². The molecule has 0 spiro atoms. The van der Waals surface area contributed by atoms with Gasteiger partial charge in [-0.1, -0.05) is 12.1 Å². The van der Waals surface area contributed by atoms with Crippen molar-refractivity contribution in [3.63, 3.8) is 0 Å². The van der Waals surface area contributed by atoms with Gasteiger partial charge in [0, 0.05) is 11.8 Å². The Hall–Kier alpha value is -1.09. The minimum Gasteiger partial charge on any atom is -0.239 e. The number of halogens is 1. The van der Waals surface area contributed by atoms with E-state index in [-0.39, 0.29) is 0 Å². The third-order valence-corrected chi connectivity index (χ3v) is 3.71. The van der Waals surface area contributed by atoms with Crippen LogP contribution in [0.25, 0.3) is 11.1 Å². The fourth-order valence-electron chi connectivity index (χ4n) is 2.35. The quantitative estimate of drug-likeness (QED) is 0.768. The van der Waals surface area contributed by atoms with Gasteiger partial charge in [-0.25, -0.2) is 4.52 Å². The Balaban J connectivity index is 2.22. The number of nitrogens with zero attached hydrogens (tertiary/aromatic N) is 2. The Kier molecular flexibility index (Phi) is 2.56. The van der Waals surface area contributed by atoms with Gasteiger partial charge >= 0.3 is 0 Å². The summed E-state index contributed by atoms with van der Waals surface area (Å²) >= 11 is 3.57. The Morgan fingerprint density at radius 1 is 1.31 bits per heavy atom. The minimum atomic E-state index is 1.08. The largest absolute Gasteiger partial charge is 0.239 e. The second kappa shape index (κ2) is 4.06. The zero-order valence-electron chi connectivity index (χ0n) is 8.99. The molecular weight excluding hydrogens is 264 g/mol. The molecule has 0 bridgehead atoms. The topological polar surface area (TPSA) is 17.3 Å². The van der Waals surface area contributed by atoms with Crippen LogP contribution in [-0.2, 0) is 0 Å². The zero-order chi connectivity index (χ0) is 11.0. The lowest BCUT2D eigenvalue weighted by Gasteiger charge is -2.14. The molecule has 0 atom stereocenters. The monoisotopic (exact) mass is 276 g/mol. The third kappa shape index (κ3) is 1.59. The first-order valence-corrected chi connectivity index (χ1v) is 6.47. The normalized spacial score (nSPS) is 16.4. The molecule has 0 N–H and O–H groups in total. The molecule has 3 heteroatoms. The molecule has 1 aliphatic rings. The van der Waals surface area contributed by atoms with Crippen molar-refractivity contribution in [1.82, 2.24) is 9.61 Å². The Morgan fingerprint density at radius 2 is 2.25 bits per heavy atom. The van der Waals surface area contributed by atoms with E-state index in [0.29, 0.717) is 0 Å². The SMILES string of the molecule is Brc1cnn2cccc(C3=CCCCC3)c12. The summed E-state index contributed by atoms with van der Waals surface area (Å²) in [4.78, 5) is 0. The van der Waals surface area contributed by atoms with E-state index in [1.54, 1.807) is 0 Å². The smallest absolute Gasteiger partial charge is 0.0878 e. The zero-order valence-corrected chi connectivity index (χ0v) is 10.6. The van der Waals surface area contributed by atoms with E-state index in [0.717, 1.165) is 4.47 Å². The molecule has 2 nitrogen and oxygen atoms in total. The second-order valence-corrected chi connectivity index (χ2v) is 5.04. The molecule has 3 rings (SSSR count). The molecule has 0 unspecified atom stereocenters. The number of pyridine rings is 1. The van der Waals surface area contributed by atoms with Crippen molar-refractivity contribution in [2.45, 2.75) is 25.7 Å².